The van der Waals surface area contributed by atoms with E-state index in [0.717, 1.165) is 16.9 Å². The highest BCUT2D eigenvalue weighted by molar-refractivity contribution is 7.80. The Morgan fingerprint density at radius 3 is 2.79 bits per heavy atom. The number of nitrogens with zero attached hydrogens (tertiary/aromatic N) is 1. The van der Waals surface area contributed by atoms with Crippen LogP contribution in [0.25, 0.3) is 0 Å². The van der Waals surface area contributed by atoms with Gasteiger partial charge in [0.1, 0.15) is 6.04 Å². The Morgan fingerprint density at radius 2 is 2.17 bits per heavy atom. The van der Waals surface area contributed by atoms with Gasteiger partial charge in [0, 0.05) is 25.8 Å². The number of ether oxygens (including phenoxy) is 1. The Labute approximate surface area is 153 Å². The second-order valence-electron chi connectivity index (χ2n) is 5.59. The number of rotatable bonds is 6. The molecular weight excluding hydrogens is 342 g/mol. The zero-order valence-electron chi connectivity index (χ0n) is 14.2. The molecule has 0 spiro atoms. The number of thiocarbonyl (C=S) groups is 1. The third-order valence-corrected chi connectivity index (χ3v) is 4.46. The number of hydrogen-bond donors (Lipinski definition) is 1. The molecule has 2 rings (SSSR count). The highest BCUT2D eigenvalue weighted by Gasteiger charge is 2.23. The van der Waals surface area contributed by atoms with Gasteiger partial charge in [0.05, 0.1) is 17.3 Å². The fraction of sp³-hybridized carbons (Fsp3) is 0.333. The van der Waals surface area contributed by atoms with Crippen LogP contribution in [0.4, 0.5) is 5.69 Å². The fourth-order valence-corrected chi connectivity index (χ4v) is 3.05. The molecule has 2 aromatic rings. The molecule has 0 fully saturated rings. The first-order chi connectivity index (χ1) is 11.5. The lowest BCUT2D eigenvalue weighted by Crippen LogP contribution is -2.40. The van der Waals surface area contributed by atoms with Crippen LogP contribution in [0, 0.1) is 6.92 Å². The van der Waals surface area contributed by atoms with Crippen molar-refractivity contribution in [3.8, 4) is 0 Å². The van der Waals surface area contributed by atoms with Gasteiger partial charge in [-0.2, -0.15) is 0 Å². The number of anilines is 1. The molecule has 1 aromatic carbocycles. The largest absolute Gasteiger partial charge is 0.383 e. The molecule has 128 valence electrons. The summed E-state index contributed by atoms with van der Waals surface area (Å²) in [5.41, 5.74) is 2.99. The number of H-pyrrole nitrogens is 1. The van der Waals surface area contributed by atoms with Crippen molar-refractivity contribution in [3.05, 3.63) is 58.9 Å². The van der Waals surface area contributed by atoms with Gasteiger partial charge in [0.2, 0.25) is 5.69 Å². The summed E-state index contributed by atoms with van der Waals surface area (Å²) >= 11 is 11.9. The number of pyridine rings is 1. The van der Waals surface area contributed by atoms with Crippen molar-refractivity contribution < 1.29 is 9.72 Å². The number of aromatic nitrogens is 1. The molecule has 0 bridgehead atoms. The summed E-state index contributed by atoms with van der Waals surface area (Å²) in [4.78, 5) is 5.35. The molecule has 2 N–H and O–H groups in total. The Morgan fingerprint density at radius 1 is 1.38 bits per heavy atom. The number of nitrogens with one attached hydrogen (secondary N) is 2. The fourth-order valence-electron chi connectivity index (χ4n) is 2.40. The van der Waals surface area contributed by atoms with E-state index in [1.165, 1.54) is 0 Å². The van der Waals surface area contributed by atoms with Crippen LogP contribution in [0.2, 0.25) is 5.02 Å². The topological polar surface area (TPSA) is 38.6 Å². The summed E-state index contributed by atoms with van der Waals surface area (Å²) in [5, 5.41) is 4.52. The molecule has 0 saturated heterocycles. The first kappa shape index (κ1) is 18.6. The lowest BCUT2D eigenvalue weighted by molar-refractivity contribution is -0.395. The summed E-state index contributed by atoms with van der Waals surface area (Å²) in [5.74, 6) is 0. The van der Waals surface area contributed by atoms with Crippen LogP contribution >= 0.6 is 23.8 Å². The predicted molar refractivity (Wildman–Crippen MR) is 102 cm³/mol. The third kappa shape index (κ3) is 4.90. The summed E-state index contributed by atoms with van der Waals surface area (Å²) in [6.07, 6.45) is 1.91. The highest BCUT2D eigenvalue weighted by atomic mass is 35.5. The molecule has 0 aliphatic carbocycles. The number of aryl methyl sites for hydroxylation is 1. The van der Waals surface area contributed by atoms with Gasteiger partial charge in [-0.1, -0.05) is 23.7 Å². The van der Waals surface area contributed by atoms with Gasteiger partial charge >= 0.3 is 0 Å². The molecule has 0 radical (unpaired) electrons. The van der Waals surface area contributed by atoms with Crippen LogP contribution in [-0.2, 0) is 4.74 Å². The molecular formula is C18H23ClN3OS+. The van der Waals surface area contributed by atoms with Crippen LogP contribution in [0.3, 0.4) is 0 Å². The van der Waals surface area contributed by atoms with E-state index in [2.05, 4.69) is 22.1 Å². The normalized spacial score (nSPS) is 11.8. The van der Waals surface area contributed by atoms with Crippen LogP contribution in [0.1, 0.15) is 24.2 Å². The minimum atomic E-state index is 0.0746. The number of halogens is 1. The second kappa shape index (κ2) is 8.97. The van der Waals surface area contributed by atoms with E-state index >= 15 is 0 Å². The maximum Gasteiger partial charge on any atom is 0.202 e. The van der Waals surface area contributed by atoms with E-state index in [9.17, 15) is 0 Å². The van der Waals surface area contributed by atoms with E-state index in [1.54, 1.807) is 7.11 Å². The molecule has 1 unspecified atom stereocenters. The molecule has 0 aliphatic rings. The van der Waals surface area contributed by atoms with Gasteiger partial charge in [0.15, 0.2) is 11.3 Å². The van der Waals surface area contributed by atoms with Crippen LogP contribution in [0.5, 0.6) is 0 Å². The second-order valence-corrected chi connectivity index (χ2v) is 6.39. The predicted octanol–water partition coefficient (Wildman–Crippen LogP) is 3.87. The standard InChI is InChI=1S/C18H22ClN3OS/c1-13-7-8-17(15(19)12-13)21-18(24)22(10-11-23-3)14(2)16-6-4-5-9-20-16/h4-9,12,14H,10-11H2,1-3H3,(H,21,24)/p+1. The van der Waals surface area contributed by atoms with E-state index in [4.69, 9.17) is 28.6 Å². The van der Waals surface area contributed by atoms with Gasteiger partial charge in [0.25, 0.3) is 0 Å². The lowest BCUT2D eigenvalue weighted by Gasteiger charge is -2.29. The maximum atomic E-state index is 6.31. The van der Waals surface area contributed by atoms with Gasteiger partial charge in [-0.25, -0.2) is 4.98 Å². The monoisotopic (exact) mass is 364 g/mol. The van der Waals surface area contributed by atoms with Crippen molar-refractivity contribution in [2.24, 2.45) is 0 Å². The number of methoxy groups -OCH3 is 1. The van der Waals surface area contributed by atoms with Gasteiger partial charge in [-0.15, -0.1) is 0 Å². The maximum absolute atomic E-state index is 6.31. The van der Waals surface area contributed by atoms with Crippen molar-refractivity contribution >= 4 is 34.6 Å². The van der Waals surface area contributed by atoms with Crippen LogP contribution in [-0.4, -0.2) is 30.3 Å². The lowest BCUT2D eigenvalue weighted by atomic mass is 10.2. The molecule has 1 aromatic heterocycles. The van der Waals surface area contributed by atoms with Crippen molar-refractivity contribution in [3.63, 3.8) is 0 Å². The molecule has 1 atom stereocenters. The van der Waals surface area contributed by atoms with Gasteiger partial charge in [-0.3, -0.25) is 0 Å². The first-order valence-corrected chi connectivity index (χ1v) is 8.61. The number of aromatic amines is 1. The van der Waals surface area contributed by atoms with Gasteiger partial charge in [-0.05, 0) is 43.8 Å². The zero-order chi connectivity index (χ0) is 17.5. The first-order valence-electron chi connectivity index (χ1n) is 7.82. The Hall–Kier alpha value is -1.69. The van der Waals surface area contributed by atoms with Gasteiger partial charge < -0.3 is 15.0 Å². The smallest absolute Gasteiger partial charge is 0.202 e. The molecule has 0 saturated carbocycles. The number of hydrogen-bond acceptors (Lipinski definition) is 2. The molecule has 0 amide bonds. The average molecular weight is 365 g/mol. The van der Waals surface area contributed by atoms with E-state index in [1.807, 2.05) is 49.5 Å². The van der Waals surface area contributed by atoms with Crippen molar-refractivity contribution in [2.45, 2.75) is 19.9 Å². The molecule has 1 heterocycles. The van der Waals surface area contributed by atoms with Crippen LogP contribution < -0.4 is 10.3 Å². The molecule has 6 heteroatoms. The quantitative estimate of drug-likeness (QED) is 0.790. The zero-order valence-corrected chi connectivity index (χ0v) is 15.7. The minimum absolute atomic E-state index is 0.0746. The summed E-state index contributed by atoms with van der Waals surface area (Å²) in [6, 6.07) is 11.9. The highest BCUT2D eigenvalue weighted by Crippen LogP contribution is 2.24. The summed E-state index contributed by atoms with van der Waals surface area (Å²) in [6.45, 7) is 5.37. The van der Waals surface area contributed by atoms with Crippen molar-refractivity contribution in [1.29, 1.82) is 0 Å². The Kier molecular flexibility index (Phi) is 6.97. The summed E-state index contributed by atoms with van der Waals surface area (Å²) in [7, 11) is 1.69. The number of benzene rings is 1. The third-order valence-electron chi connectivity index (χ3n) is 3.81. The molecule has 24 heavy (non-hydrogen) atoms. The average Bonchev–Trinajstić information content (AvgIpc) is 2.58. The van der Waals surface area contributed by atoms with E-state index < -0.39 is 0 Å². The van der Waals surface area contributed by atoms with E-state index in [-0.39, 0.29) is 6.04 Å². The van der Waals surface area contributed by atoms with Crippen molar-refractivity contribution in [1.82, 2.24) is 4.90 Å². The van der Waals surface area contributed by atoms with Crippen LogP contribution in [0.15, 0.2) is 42.6 Å². The molecule has 4 nitrogen and oxygen atoms in total. The SMILES string of the molecule is COCCN(C(=S)Nc1ccc(C)cc1Cl)C(C)c1cccc[nH+]1. The Bertz CT molecular complexity index is 681. The van der Waals surface area contributed by atoms with E-state index in [0.29, 0.717) is 23.3 Å². The minimum Gasteiger partial charge on any atom is -0.383 e. The Balaban J connectivity index is 2.18. The summed E-state index contributed by atoms with van der Waals surface area (Å²) < 4.78 is 5.23. The van der Waals surface area contributed by atoms with Crippen molar-refractivity contribution in [2.75, 3.05) is 25.6 Å². The molecule has 0 aliphatic heterocycles.